The lowest BCUT2D eigenvalue weighted by molar-refractivity contribution is 0.539. The molecule has 1 aliphatic rings. The van der Waals surface area contributed by atoms with Crippen molar-refractivity contribution in [2.24, 2.45) is 0 Å². The first-order valence-electron chi connectivity index (χ1n) is 8.42. The van der Waals surface area contributed by atoms with Gasteiger partial charge in [-0.1, -0.05) is 18.2 Å². The molecule has 4 nitrogen and oxygen atoms in total. The number of hydrogen-bond acceptors (Lipinski definition) is 4. The van der Waals surface area contributed by atoms with Gasteiger partial charge in [0.25, 0.3) is 0 Å². The number of nitrogens with two attached hydrogens (primary N) is 1. The van der Waals surface area contributed by atoms with E-state index in [1.54, 1.807) is 24.3 Å². The molecule has 136 valence electrons. The van der Waals surface area contributed by atoms with E-state index in [1.165, 1.54) is 6.07 Å². The standard InChI is InChI=1S/C20H22FN3OS/c1-19(2,3)26(25)24-18-11-20(18,14-6-4-13(12-22)5-7-14)15-8-9-16(21)17(23)10-15/h4-10,18,24H,11,23H2,1-3H3/t18-,20-,26?/m1/s1. The van der Waals surface area contributed by atoms with Gasteiger partial charge in [0.15, 0.2) is 0 Å². The van der Waals surface area contributed by atoms with Crippen molar-refractivity contribution in [1.29, 1.82) is 5.26 Å². The summed E-state index contributed by atoms with van der Waals surface area (Å²) in [4.78, 5) is 0. The maximum atomic E-state index is 13.6. The number of nitriles is 1. The molecule has 0 heterocycles. The first-order valence-corrected chi connectivity index (χ1v) is 9.57. The van der Waals surface area contributed by atoms with Gasteiger partial charge in [-0.25, -0.2) is 4.39 Å². The Balaban J connectivity index is 2.00. The molecular formula is C20H22FN3OS. The number of nitrogens with zero attached hydrogens (tertiary/aromatic N) is 1. The van der Waals surface area contributed by atoms with Gasteiger partial charge in [0.1, 0.15) is 10.6 Å². The Bertz CT molecular complexity index is 857. The highest BCUT2D eigenvalue weighted by Crippen LogP contribution is 2.54. The SMILES string of the molecule is CC(C)(C)[S+]([O-])N[C@@H]1C[C@@]1(c1ccc(C#N)cc1)c1ccc(F)c(N)c1. The quantitative estimate of drug-likeness (QED) is 0.637. The van der Waals surface area contributed by atoms with Crippen LogP contribution in [-0.2, 0) is 16.8 Å². The van der Waals surface area contributed by atoms with E-state index in [4.69, 9.17) is 11.0 Å². The van der Waals surface area contributed by atoms with Gasteiger partial charge < -0.3 is 10.3 Å². The minimum absolute atomic E-state index is 0.0552. The lowest BCUT2D eigenvalue weighted by Gasteiger charge is -2.26. The third-order valence-corrected chi connectivity index (χ3v) is 6.42. The summed E-state index contributed by atoms with van der Waals surface area (Å²) in [6, 6.07) is 14.1. The molecule has 0 aromatic heterocycles. The maximum absolute atomic E-state index is 13.6. The third kappa shape index (κ3) is 3.30. The zero-order valence-electron chi connectivity index (χ0n) is 15.0. The fourth-order valence-corrected chi connectivity index (χ4v) is 4.08. The summed E-state index contributed by atoms with van der Waals surface area (Å²) in [6.45, 7) is 5.74. The predicted molar refractivity (Wildman–Crippen MR) is 102 cm³/mol. The number of anilines is 1. The minimum atomic E-state index is -1.22. The van der Waals surface area contributed by atoms with Crippen molar-refractivity contribution in [3.8, 4) is 6.07 Å². The zero-order valence-corrected chi connectivity index (χ0v) is 15.9. The summed E-state index contributed by atoms with van der Waals surface area (Å²) >= 11 is -1.22. The molecule has 6 heteroatoms. The van der Waals surface area contributed by atoms with Gasteiger partial charge in [-0.3, -0.25) is 0 Å². The number of nitrogen functional groups attached to an aromatic ring is 1. The first kappa shape index (κ1) is 18.7. The lowest BCUT2D eigenvalue weighted by atomic mass is 9.86. The van der Waals surface area contributed by atoms with Crippen LogP contribution in [-0.4, -0.2) is 15.3 Å². The topological polar surface area (TPSA) is 84.9 Å². The van der Waals surface area contributed by atoms with E-state index in [2.05, 4.69) is 10.8 Å². The summed E-state index contributed by atoms with van der Waals surface area (Å²) in [5.74, 6) is -0.452. The van der Waals surface area contributed by atoms with Gasteiger partial charge in [-0.2, -0.15) is 5.26 Å². The second-order valence-electron chi connectivity index (χ2n) is 7.65. The highest BCUT2D eigenvalue weighted by Gasteiger charge is 2.59. The highest BCUT2D eigenvalue weighted by atomic mass is 32.2. The Morgan fingerprint density at radius 1 is 1.23 bits per heavy atom. The first-order chi connectivity index (χ1) is 12.2. The smallest absolute Gasteiger partial charge is 0.146 e. The van der Waals surface area contributed by atoms with E-state index in [0.29, 0.717) is 5.56 Å². The Morgan fingerprint density at radius 3 is 2.38 bits per heavy atom. The Labute approximate surface area is 156 Å². The van der Waals surface area contributed by atoms with Crippen molar-refractivity contribution in [1.82, 2.24) is 4.72 Å². The summed E-state index contributed by atoms with van der Waals surface area (Å²) in [6.07, 6.45) is 0.728. The molecule has 1 fully saturated rings. The molecule has 0 saturated heterocycles. The van der Waals surface area contributed by atoms with Crippen molar-refractivity contribution in [2.45, 2.75) is 43.4 Å². The Morgan fingerprint density at radius 2 is 1.85 bits per heavy atom. The number of nitrogens with one attached hydrogen (secondary N) is 1. The van der Waals surface area contributed by atoms with Crippen LogP contribution in [0.15, 0.2) is 42.5 Å². The van der Waals surface area contributed by atoms with Crippen LogP contribution < -0.4 is 10.5 Å². The average Bonchev–Trinajstić information content (AvgIpc) is 3.31. The molecule has 0 bridgehead atoms. The van der Waals surface area contributed by atoms with E-state index in [9.17, 15) is 8.94 Å². The lowest BCUT2D eigenvalue weighted by Crippen LogP contribution is -2.42. The van der Waals surface area contributed by atoms with E-state index < -0.39 is 22.6 Å². The van der Waals surface area contributed by atoms with Gasteiger partial charge in [-0.15, -0.1) is 4.72 Å². The van der Waals surface area contributed by atoms with Crippen LogP contribution in [0.1, 0.15) is 43.9 Å². The molecule has 2 aromatic rings. The van der Waals surface area contributed by atoms with E-state index in [0.717, 1.165) is 17.5 Å². The average molecular weight is 371 g/mol. The number of hydrogen-bond donors (Lipinski definition) is 2. The van der Waals surface area contributed by atoms with Crippen LogP contribution in [0.3, 0.4) is 0 Å². The van der Waals surface area contributed by atoms with Gasteiger partial charge in [0.2, 0.25) is 0 Å². The van der Waals surface area contributed by atoms with Crippen LogP contribution in [0.2, 0.25) is 0 Å². The van der Waals surface area contributed by atoms with Crippen molar-refractivity contribution >= 4 is 17.0 Å². The fraction of sp³-hybridized carbons (Fsp3) is 0.350. The highest BCUT2D eigenvalue weighted by molar-refractivity contribution is 7.90. The van der Waals surface area contributed by atoms with E-state index in [-0.39, 0.29) is 16.5 Å². The normalized spacial score (nSPS) is 23.3. The molecule has 1 unspecified atom stereocenters. The van der Waals surface area contributed by atoms with Crippen LogP contribution >= 0.6 is 0 Å². The van der Waals surface area contributed by atoms with Gasteiger partial charge in [-0.05, 0) is 62.6 Å². The summed E-state index contributed by atoms with van der Waals surface area (Å²) in [5.41, 5.74) is 7.89. The molecule has 3 rings (SSSR count). The molecule has 3 N–H and O–H groups in total. The Kier molecular flexibility index (Phi) is 4.74. The molecule has 0 radical (unpaired) electrons. The second-order valence-corrected chi connectivity index (χ2v) is 9.65. The summed E-state index contributed by atoms with van der Waals surface area (Å²) < 4.78 is 29.0. The molecule has 0 spiro atoms. The predicted octanol–water partition coefficient (Wildman–Crippen LogP) is 3.39. The van der Waals surface area contributed by atoms with Crippen molar-refractivity contribution in [2.75, 3.05) is 5.73 Å². The number of rotatable bonds is 4. The van der Waals surface area contributed by atoms with Gasteiger partial charge in [0, 0.05) is 16.8 Å². The molecule has 3 atom stereocenters. The van der Waals surface area contributed by atoms with Crippen LogP contribution in [0.25, 0.3) is 0 Å². The van der Waals surface area contributed by atoms with Crippen LogP contribution in [0.4, 0.5) is 10.1 Å². The monoisotopic (exact) mass is 371 g/mol. The molecule has 26 heavy (non-hydrogen) atoms. The number of halogens is 1. The fourth-order valence-electron chi connectivity index (χ4n) is 3.18. The maximum Gasteiger partial charge on any atom is 0.146 e. The largest absolute Gasteiger partial charge is 0.598 e. The van der Waals surface area contributed by atoms with Crippen molar-refractivity contribution in [3.05, 3.63) is 65.0 Å². The molecular weight excluding hydrogens is 349 g/mol. The van der Waals surface area contributed by atoms with Gasteiger partial charge >= 0.3 is 0 Å². The zero-order chi connectivity index (χ0) is 19.1. The second kappa shape index (κ2) is 6.58. The summed E-state index contributed by atoms with van der Waals surface area (Å²) in [7, 11) is 0. The van der Waals surface area contributed by atoms with E-state index in [1.807, 2.05) is 32.9 Å². The van der Waals surface area contributed by atoms with Crippen molar-refractivity contribution < 1.29 is 8.94 Å². The molecule has 2 aromatic carbocycles. The van der Waals surface area contributed by atoms with Crippen molar-refractivity contribution in [3.63, 3.8) is 0 Å². The van der Waals surface area contributed by atoms with E-state index >= 15 is 0 Å². The molecule has 1 aliphatic carbocycles. The van der Waals surface area contributed by atoms with Crippen LogP contribution in [0.5, 0.6) is 0 Å². The summed E-state index contributed by atoms with van der Waals surface area (Å²) in [5, 5.41) is 9.03. The van der Waals surface area contributed by atoms with Gasteiger partial charge in [0.05, 0.1) is 23.4 Å². The van der Waals surface area contributed by atoms with Crippen LogP contribution in [0, 0.1) is 17.1 Å². The molecule has 0 aliphatic heterocycles. The Hall–Kier alpha value is -2.07. The minimum Gasteiger partial charge on any atom is -0.598 e. The molecule has 1 saturated carbocycles. The number of benzene rings is 2. The molecule has 0 amide bonds. The third-order valence-electron chi connectivity index (χ3n) is 4.81.